The summed E-state index contributed by atoms with van der Waals surface area (Å²) < 4.78 is 11.1. The molecule has 0 saturated carbocycles. The zero-order chi connectivity index (χ0) is 17.8. The van der Waals surface area contributed by atoms with Crippen molar-refractivity contribution in [3.63, 3.8) is 0 Å². The highest BCUT2D eigenvalue weighted by atomic mass is 32.1. The first-order valence-electron chi connectivity index (χ1n) is 8.04. The van der Waals surface area contributed by atoms with Gasteiger partial charge in [0, 0.05) is 30.3 Å². The maximum atomic E-state index is 5.88. The number of anilines is 1. The molecule has 0 aliphatic rings. The fraction of sp³-hybridized carbons (Fsp3) is 0.105. The number of nitrogens with two attached hydrogens (primary N) is 1. The van der Waals surface area contributed by atoms with E-state index in [1.165, 1.54) is 0 Å². The summed E-state index contributed by atoms with van der Waals surface area (Å²) in [7, 11) is 0. The SMILES string of the molecule is Nc1ncccc1-c1cc(Cc2ccc(OCc3nccs3)cc2)no1. The number of hydrogen-bond acceptors (Lipinski definition) is 7. The molecule has 0 unspecified atom stereocenters. The highest BCUT2D eigenvalue weighted by Crippen LogP contribution is 2.25. The molecular formula is C19H16N4O2S. The number of rotatable bonds is 6. The molecule has 0 aliphatic heterocycles. The van der Waals surface area contributed by atoms with Crippen LogP contribution in [0.25, 0.3) is 11.3 Å². The lowest BCUT2D eigenvalue weighted by Gasteiger charge is -2.05. The van der Waals surface area contributed by atoms with E-state index >= 15 is 0 Å². The molecule has 0 atom stereocenters. The molecule has 3 aromatic heterocycles. The van der Waals surface area contributed by atoms with Crippen molar-refractivity contribution in [2.45, 2.75) is 13.0 Å². The number of ether oxygens (including phenoxy) is 1. The van der Waals surface area contributed by atoms with Crippen LogP contribution in [0.4, 0.5) is 5.82 Å². The molecule has 0 spiro atoms. The van der Waals surface area contributed by atoms with Gasteiger partial charge < -0.3 is 15.0 Å². The second-order valence-corrected chi connectivity index (χ2v) is 6.63. The van der Waals surface area contributed by atoms with E-state index in [-0.39, 0.29) is 0 Å². The van der Waals surface area contributed by atoms with E-state index in [0.29, 0.717) is 24.6 Å². The van der Waals surface area contributed by atoms with Crippen molar-refractivity contribution in [2.75, 3.05) is 5.73 Å². The minimum Gasteiger partial charge on any atom is -0.486 e. The largest absolute Gasteiger partial charge is 0.486 e. The molecule has 4 aromatic rings. The van der Waals surface area contributed by atoms with Gasteiger partial charge in [0.15, 0.2) is 5.76 Å². The summed E-state index contributed by atoms with van der Waals surface area (Å²) in [5.74, 6) is 1.86. The van der Waals surface area contributed by atoms with Crippen LogP contribution in [0.2, 0.25) is 0 Å². The maximum absolute atomic E-state index is 5.88. The minimum absolute atomic E-state index is 0.428. The summed E-state index contributed by atoms with van der Waals surface area (Å²) in [5, 5.41) is 7.02. The van der Waals surface area contributed by atoms with Crippen LogP contribution in [0.5, 0.6) is 5.75 Å². The Hall–Kier alpha value is -3.19. The van der Waals surface area contributed by atoms with Gasteiger partial charge >= 0.3 is 0 Å². The Morgan fingerprint density at radius 3 is 2.73 bits per heavy atom. The third-order valence-electron chi connectivity index (χ3n) is 3.82. The highest BCUT2D eigenvalue weighted by Gasteiger charge is 2.10. The molecule has 0 saturated heterocycles. The van der Waals surface area contributed by atoms with Crippen molar-refractivity contribution in [1.29, 1.82) is 0 Å². The Labute approximate surface area is 154 Å². The predicted octanol–water partition coefficient (Wildman–Crippen LogP) is 3.95. The molecule has 0 radical (unpaired) electrons. The van der Waals surface area contributed by atoms with Gasteiger partial charge in [-0.2, -0.15) is 0 Å². The number of aromatic nitrogens is 3. The van der Waals surface area contributed by atoms with E-state index in [1.54, 1.807) is 23.7 Å². The van der Waals surface area contributed by atoms with E-state index in [4.69, 9.17) is 15.0 Å². The lowest BCUT2D eigenvalue weighted by molar-refractivity contribution is 0.305. The number of nitrogens with zero attached hydrogens (tertiary/aromatic N) is 3. The molecule has 0 bridgehead atoms. The van der Waals surface area contributed by atoms with Crippen LogP contribution in [-0.4, -0.2) is 15.1 Å². The third-order valence-corrected chi connectivity index (χ3v) is 4.57. The van der Waals surface area contributed by atoms with Crippen LogP contribution < -0.4 is 10.5 Å². The van der Waals surface area contributed by atoms with Crippen molar-refractivity contribution in [3.8, 4) is 17.1 Å². The molecule has 3 heterocycles. The Morgan fingerprint density at radius 2 is 1.96 bits per heavy atom. The smallest absolute Gasteiger partial charge is 0.170 e. The van der Waals surface area contributed by atoms with Crippen LogP contribution in [0.15, 0.2) is 64.8 Å². The highest BCUT2D eigenvalue weighted by molar-refractivity contribution is 7.09. The molecule has 130 valence electrons. The van der Waals surface area contributed by atoms with E-state index in [0.717, 1.165) is 27.6 Å². The summed E-state index contributed by atoms with van der Waals surface area (Å²) in [4.78, 5) is 8.27. The quantitative estimate of drug-likeness (QED) is 0.557. The zero-order valence-corrected chi connectivity index (χ0v) is 14.6. The Bertz CT molecular complexity index is 981. The number of pyridine rings is 1. The van der Waals surface area contributed by atoms with Crippen LogP contribution in [0, 0.1) is 0 Å². The summed E-state index contributed by atoms with van der Waals surface area (Å²) >= 11 is 1.58. The van der Waals surface area contributed by atoms with Gasteiger partial charge in [-0.3, -0.25) is 0 Å². The average molecular weight is 364 g/mol. The van der Waals surface area contributed by atoms with Gasteiger partial charge in [-0.25, -0.2) is 9.97 Å². The number of nitrogen functional groups attached to an aromatic ring is 1. The van der Waals surface area contributed by atoms with E-state index in [9.17, 15) is 0 Å². The summed E-state index contributed by atoms with van der Waals surface area (Å²) in [6.07, 6.45) is 4.09. The summed E-state index contributed by atoms with van der Waals surface area (Å²) in [5.41, 5.74) is 8.57. The van der Waals surface area contributed by atoms with Gasteiger partial charge in [-0.05, 0) is 29.8 Å². The maximum Gasteiger partial charge on any atom is 0.170 e. The molecule has 0 amide bonds. The molecular weight excluding hydrogens is 348 g/mol. The summed E-state index contributed by atoms with van der Waals surface area (Å²) in [6.45, 7) is 0.482. The fourth-order valence-electron chi connectivity index (χ4n) is 2.53. The first-order chi connectivity index (χ1) is 12.8. The van der Waals surface area contributed by atoms with Crippen molar-refractivity contribution >= 4 is 17.2 Å². The molecule has 6 nitrogen and oxygen atoms in total. The zero-order valence-electron chi connectivity index (χ0n) is 13.8. The lowest BCUT2D eigenvalue weighted by atomic mass is 10.1. The molecule has 26 heavy (non-hydrogen) atoms. The second kappa shape index (κ2) is 7.37. The van der Waals surface area contributed by atoms with Crippen LogP contribution in [0.1, 0.15) is 16.3 Å². The van der Waals surface area contributed by atoms with Crippen LogP contribution in [0.3, 0.4) is 0 Å². The van der Waals surface area contributed by atoms with Gasteiger partial charge in [-0.15, -0.1) is 11.3 Å². The fourth-order valence-corrected chi connectivity index (χ4v) is 3.06. The molecule has 4 rings (SSSR count). The van der Waals surface area contributed by atoms with Gasteiger partial charge in [0.05, 0.1) is 11.3 Å². The average Bonchev–Trinajstić information content (AvgIpc) is 3.34. The number of hydrogen-bond donors (Lipinski definition) is 1. The van der Waals surface area contributed by atoms with E-state index in [1.807, 2.05) is 47.8 Å². The first kappa shape index (κ1) is 16.3. The Morgan fingerprint density at radius 1 is 1.08 bits per heavy atom. The Balaban J connectivity index is 1.41. The van der Waals surface area contributed by atoms with Gasteiger partial charge in [0.2, 0.25) is 0 Å². The van der Waals surface area contributed by atoms with Gasteiger partial charge in [0.1, 0.15) is 23.2 Å². The number of benzene rings is 1. The predicted molar refractivity (Wildman–Crippen MR) is 99.8 cm³/mol. The summed E-state index contributed by atoms with van der Waals surface area (Å²) in [6, 6.07) is 13.5. The molecule has 1 aromatic carbocycles. The monoisotopic (exact) mass is 364 g/mol. The first-order valence-corrected chi connectivity index (χ1v) is 8.92. The van der Waals surface area contributed by atoms with Crippen LogP contribution >= 0.6 is 11.3 Å². The van der Waals surface area contributed by atoms with Crippen molar-refractivity contribution in [2.24, 2.45) is 0 Å². The second-order valence-electron chi connectivity index (χ2n) is 5.65. The minimum atomic E-state index is 0.428. The molecule has 2 N–H and O–H groups in total. The molecule has 7 heteroatoms. The Kier molecular flexibility index (Phi) is 4.61. The van der Waals surface area contributed by atoms with Crippen LogP contribution in [-0.2, 0) is 13.0 Å². The molecule has 0 aliphatic carbocycles. The standard InChI is InChI=1S/C19H16N4O2S/c20-19-16(2-1-7-22-19)17-11-14(23-25-17)10-13-3-5-15(6-4-13)24-12-18-21-8-9-26-18/h1-9,11H,10,12H2,(H2,20,22). The normalized spacial score (nSPS) is 10.8. The third kappa shape index (κ3) is 3.73. The lowest BCUT2D eigenvalue weighted by Crippen LogP contribution is -1.95. The van der Waals surface area contributed by atoms with Crippen molar-refractivity contribution in [1.82, 2.24) is 15.1 Å². The van der Waals surface area contributed by atoms with E-state index in [2.05, 4.69) is 15.1 Å². The molecule has 0 fully saturated rings. The van der Waals surface area contributed by atoms with E-state index < -0.39 is 0 Å². The van der Waals surface area contributed by atoms with Crippen molar-refractivity contribution in [3.05, 3.63) is 76.5 Å². The topological polar surface area (TPSA) is 87.1 Å². The van der Waals surface area contributed by atoms with Gasteiger partial charge in [0.25, 0.3) is 0 Å². The van der Waals surface area contributed by atoms with Crippen molar-refractivity contribution < 1.29 is 9.26 Å². The van der Waals surface area contributed by atoms with Gasteiger partial charge in [-0.1, -0.05) is 17.3 Å². The number of thiazole rings is 1.